The van der Waals surface area contributed by atoms with E-state index in [0.717, 1.165) is 29.3 Å². The van der Waals surface area contributed by atoms with Crippen LogP contribution in [0.15, 0.2) is 31.0 Å². The zero-order valence-corrected chi connectivity index (χ0v) is 20.0. The van der Waals surface area contributed by atoms with Crippen molar-refractivity contribution in [2.75, 3.05) is 25.5 Å². The number of benzene rings is 1. The van der Waals surface area contributed by atoms with E-state index in [-0.39, 0.29) is 23.2 Å². The van der Waals surface area contributed by atoms with Crippen LogP contribution in [0.25, 0.3) is 10.9 Å². The van der Waals surface area contributed by atoms with E-state index in [2.05, 4.69) is 39.0 Å². The van der Waals surface area contributed by atoms with Crippen molar-refractivity contribution in [2.45, 2.75) is 31.2 Å². The number of carbonyl (C=O) groups is 2. The van der Waals surface area contributed by atoms with Crippen LogP contribution in [0.5, 0.6) is 0 Å². The van der Waals surface area contributed by atoms with Crippen molar-refractivity contribution in [3.8, 4) is 11.8 Å². The van der Waals surface area contributed by atoms with Crippen LogP contribution < -0.4 is 11.1 Å². The Kier molecular flexibility index (Phi) is 5.91. The number of aromatic nitrogens is 4. The van der Waals surface area contributed by atoms with Gasteiger partial charge >= 0.3 is 0 Å². The Bertz CT molecular complexity index is 1430. The van der Waals surface area contributed by atoms with Crippen LogP contribution in [0.4, 0.5) is 5.82 Å². The minimum Gasteiger partial charge on any atom is -0.373 e. The quantitative estimate of drug-likeness (QED) is 0.420. The zero-order valence-electron chi connectivity index (χ0n) is 19.2. The van der Waals surface area contributed by atoms with Gasteiger partial charge in [0, 0.05) is 31.1 Å². The highest BCUT2D eigenvalue weighted by Gasteiger charge is 2.31. The molecule has 3 N–H and O–H groups in total. The van der Waals surface area contributed by atoms with E-state index in [0.29, 0.717) is 41.8 Å². The number of anilines is 1. The van der Waals surface area contributed by atoms with Crippen LogP contribution in [-0.4, -0.2) is 56.8 Å². The van der Waals surface area contributed by atoms with Gasteiger partial charge in [-0.3, -0.25) is 9.59 Å². The standard InChI is InChI=1S/C25H24ClN7O2/c1-3-22(34)32-9-8-16(13-32)33-25(28-2)23(24(27)35)20(31-33)7-6-15-10-21-17(11-19(15)26)18(12-29-30-21)14-4-5-14/h3,10-12,14,16,28H,1,4-5,8-9,13H2,2H3,(H2,27,35)/t16-/m0/s1. The molecule has 10 heteroatoms. The maximum Gasteiger partial charge on any atom is 0.255 e. The minimum absolute atomic E-state index is 0.129. The highest BCUT2D eigenvalue weighted by atomic mass is 35.5. The van der Waals surface area contributed by atoms with Crippen LogP contribution in [0.2, 0.25) is 5.02 Å². The third-order valence-electron chi connectivity index (χ3n) is 6.48. The molecule has 2 fully saturated rings. The predicted molar refractivity (Wildman–Crippen MR) is 133 cm³/mol. The lowest BCUT2D eigenvalue weighted by atomic mass is 10.0. The number of amides is 2. The van der Waals surface area contributed by atoms with Gasteiger partial charge in [0.05, 0.1) is 22.8 Å². The maximum absolute atomic E-state index is 12.3. The summed E-state index contributed by atoms with van der Waals surface area (Å²) in [6.45, 7) is 4.57. The number of halogens is 1. The molecule has 0 unspecified atom stereocenters. The molecule has 1 saturated heterocycles. The van der Waals surface area contributed by atoms with Crippen molar-refractivity contribution in [1.82, 2.24) is 24.9 Å². The average Bonchev–Trinajstić information content (AvgIpc) is 3.45. The Morgan fingerprint density at radius 3 is 2.77 bits per heavy atom. The summed E-state index contributed by atoms with van der Waals surface area (Å²) >= 11 is 6.57. The molecule has 1 aromatic carbocycles. The van der Waals surface area contributed by atoms with Crippen LogP contribution in [0.3, 0.4) is 0 Å². The number of fused-ring (bicyclic) bond motifs is 1. The largest absolute Gasteiger partial charge is 0.373 e. The normalized spacial score (nSPS) is 17.2. The molecule has 0 radical (unpaired) electrons. The average molecular weight is 490 g/mol. The van der Waals surface area contributed by atoms with E-state index in [1.54, 1.807) is 28.9 Å². The third kappa shape index (κ3) is 4.21. The second-order valence-electron chi connectivity index (χ2n) is 8.74. The highest BCUT2D eigenvalue weighted by Crippen LogP contribution is 2.43. The van der Waals surface area contributed by atoms with Gasteiger partial charge in [-0.2, -0.15) is 15.3 Å². The number of hydrogen-bond acceptors (Lipinski definition) is 6. The monoisotopic (exact) mass is 489 g/mol. The lowest BCUT2D eigenvalue weighted by Gasteiger charge is -2.16. The summed E-state index contributed by atoms with van der Waals surface area (Å²) in [5.41, 5.74) is 8.57. The summed E-state index contributed by atoms with van der Waals surface area (Å²) in [6, 6.07) is 3.55. The Morgan fingerprint density at radius 1 is 1.29 bits per heavy atom. The van der Waals surface area contributed by atoms with Crippen molar-refractivity contribution in [3.63, 3.8) is 0 Å². The van der Waals surface area contributed by atoms with Crippen LogP contribution in [-0.2, 0) is 4.79 Å². The third-order valence-corrected chi connectivity index (χ3v) is 6.79. The first-order valence-corrected chi connectivity index (χ1v) is 11.8. The Balaban J connectivity index is 1.53. The lowest BCUT2D eigenvalue weighted by Crippen LogP contribution is -2.27. The summed E-state index contributed by atoms with van der Waals surface area (Å²) in [5.74, 6) is 6.20. The molecule has 2 aromatic heterocycles. The van der Waals surface area contributed by atoms with E-state index in [1.165, 1.54) is 6.08 Å². The van der Waals surface area contributed by atoms with Gasteiger partial charge in [-0.25, -0.2) is 4.68 Å². The number of primary amides is 1. The number of carbonyl (C=O) groups excluding carboxylic acids is 2. The number of nitrogens with zero attached hydrogens (tertiary/aromatic N) is 5. The zero-order chi connectivity index (χ0) is 24.7. The van der Waals surface area contributed by atoms with Gasteiger partial charge in [0.15, 0.2) is 5.69 Å². The molecule has 5 rings (SSSR count). The maximum atomic E-state index is 12.3. The molecule has 35 heavy (non-hydrogen) atoms. The van der Waals surface area contributed by atoms with Gasteiger partial charge in [-0.15, -0.1) is 0 Å². The summed E-state index contributed by atoms with van der Waals surface area (Å²) in [6.07, 6.45) is 6.07. The molecule has 1 atom stereocenters. The smallest absolute Gasteiger partial charge is 0.255 e. The first kappa shape index (κ1) is 22.9. The fourth-order valence-corrected chi connectivity index (χ4v) is 4.78. The number of likely N-dealkylation sites (tertiary alicyclic amines) is 1. The lowest BCUT2D eigenvalue weighted by molar-refractivity contribution is -0.125. The van der Waals surface area contributed by atoms with E-state index in [9.17, 15) is 9.59 Å². The Hall–Kier alpha value is -3.90. The minimum atomic E-state index is -0.647. The fourth-order valence-electron chi connectivity index (χ4n) is 4.57. The molecular formula is C25H24ClN7O2. The highest BCUT2D eigenvalue weighted by molar-refractivity contribution is 6.32. The number of rotatable bonds is 5. The molecular weight excluding hydrogens is 466 g/mol. The predicted octanol–water partition coefficient (Wildman–Crippen LogP) is 2.86. The second kappa shape index (κ2) is 9.04. The first-order valence-electron chi connectivity index (χ1n) is 11.4. The van der Waals surface area contributed by atoms with Gasteiger partial charge in [0.2, 0.25) is 5.91 Å². The summed E-state index contributed by atoms with van der Waals surface area (Å²) in [5, 5.41) is 17.5. The summed E-state index contributed by atoms with van der Waals surface area (Å²) < 4.78 is 1.69. The summed E-state index contributed by atoms with van der Waals surface area (Å²) in [4.78, 5) is 26.1. The van der Waals surface area contributed by atoms with Gasteiger partial charge in [-0.05, 0) is 54.9 Å². The number of hydrogen-bond donors (Lipinski definition) is 2. The molecule has 0 spiro atoms. The van der Waals surface area contributed by atoms with E-state index in [4.69, 9.17) is 17.3 Å². The molecule has 3 heterocycles. The number of nitrogens with one attached hydrogen (secondary N) is 1. The number of nitrogens with two attached hydrogens (primary N) is 1. The van der Waals surface area contributed by atoms with Crippen LogP contribution >= 0.6 is 11.6 Å². The molecule has 1 aliphatic heterocycles. The van der Waals surface area contributed by atoms with E-state index in [1.807, 2.05) is 6.07 Å². The van der Waals surface area contributed by atoms with Crippen molar-refractivity contribution in [2.24, 2.45) is 5.73 Å². The van der Waals surface area contributed by atoms with E-state index >= 15 is 0 Å². The van der Waals surface area contributed by atoms with Crippen molar-refractivity contribution in [3.05, 3.63) is 58.4 Å². The SMILES string of the molecule is C=CC(=O)N1CC[C@H](n2nc(C#Cc3cc4nncc(C5CC5)c4cc3Cl)c(C(N)=O)c2NC)C1. The van der Waals surface area contributed by atoms with Gasteiger partial charge < -0.3 is 16.0 Å². The van der Waals surface area contributed by atoms with Crippen molar-refractivity contribution in [1.29, 1.82) is 0 Å². The second-order valence-corrected chi connectivity index (χ2v) is 9.14. The van der Waals surface area contributed by atoms with Crippen LogP contribution in [0.1, 0.15) is 58.4 Å². The fraction of sp³-hybridized carbons (Fsp3) is 0.320. The molecule has 1 aliphatic carbocycles. The van der Waals surface area contributed by atoms with Gasteiger partial charge in [0.1, 0.15) is 11.4 Å². The molecule has 2 aliphatic rings. The first-order chi connectivity index (χ1) is 16.9. The van der Waals surface area contributed by atoms with Crippen molar-refractivity contribution < 1.29 is 9.59 Å². The molecule has 1 saturated carbocycles. The van der Waals surface area contributed by atoms with Gasteiger partial charge in [-0.1, -0.05) is 24.1 Å². The molecule has 3 aromatic rings. The molecule has 2 amide bonds. The van der Waals surface area contributed by atoms with Crippen LogP contribution in [0, 0.1) is 11.8 Å². The molecule has 178 valence electrons. The summed E-state index contributed by atoms with van der Waals surface area (Å²) in [7, 11) is 1.69. The Labute approximate surface area is 207 Å². The Morgan fingerprint density at radius 2 is 2.09 bits per heavy atom. The van der Waals surface area contributed by atoms with Crippen molar-refractivity contribution >= 4 is 40.1 Å². The molecule has 9 nitrogen and oxygen atoms in total. The van der Waals surface area contributed by atoms with E-state index < -0.39 is 5.91 Å². The topological polar surface area (TPSA) is 119 Å². The molecule has 0 bridgehead atoms. The van der Waals surface area contributed by atoms with Gasteiger partial charge in [0.25, 0.3) is 5.91 Å².